The van der Waals surface area contributed by atoms with Crippen LogP contribution in [0.5, 0.6) is 5.75 Å². The SMILES string of the molecule is COC(=O)COc1cc(B2OC(C)(C)C(C)(C)O2)cc(C(=O)NC(CC(=O)OC)C(=O)OC)c1. The van der Waals surface area contributed by atoms with E-state index in [1.807, 2.05) is 27.7 Å². The Morgan fingerprint density at radius 3 is 2.03 bits per heavy atom. The Morgan fingerprint density at radius 2 is 1.50 bits per heavy atom. The Morgan fingerprint density at radius 1 is 0.912 bits per heavy atom. The second-order valence-corrected chi connectivity index (χ2v) is 8.57. The Balaban J connectivity index is 2.38. The molecule has 0 bridgehead atoms. The molecule has 0 spiro atoms. The van der Waals surface area contributed by atoms with Crippen molar-refractivity contribution in [2.75, 3.05) is 27.9 Å². The zero-order valence-electron chi connectivity index (χ0n) is 20.4. The van der Waals surface area contributed by atoms with Crippen LogP contribution in [0.25, 0.3) is 0 Å². The summed E-state index contributed by atoms with van der Waals surface area (Å²) in [5.41, 5.74) is -0.751. The molecule has 1 atom stereocenters. The van der Waals surface area contributed by atoms with Gasteiger partial charge in [-0.15, -0.1) is 0 Å². The zero-order valence-corrected chi connectivity index (χ0v) is 20.4. The highest BCUT2D eigenvalue weighted by atomic mass is 16.7. The summed E-state index contributed by atoms with van der Waals surface area (Å²) in [6.45, 7) is 7.13. The summed E-state index contributed by atoms with van der Waals surface area (Å²) in [4.78, 5) is 48.3. The first-order chi connectivity index (χ1) is 15.8. The molecule has 1 saturated heterocycles. The van der Waals surface area contributed by atoms with Gasteiger partial charge in [0.1, 0.15) is 11.8 Å². The predicted octanol–water partition coefficient (Wildman–Crippen LogP) is 0.372. The minimum atomic E-state index is -1.27. The number of methoxy groups -OCH3 is 3. The number of hydrogen-bond acceptors (Lipinski definition) is 10. The molecule has 1 fully saturated rings. The Hall–Kier alpha value is -3.12. The van der Waals surface area contributed by atoms with Crippen molar-refractivity contribution >= 4 is 36.4 Å². The monoisotopic (exact) mass is 479 g/mol. The van der Waals surface area contributed by atoms with E-state index in [0.29, 0.717) is 5.46 Å². The first-order valence-corrected chi connectivity index (χ1v) is 10.5. The van der Waals surface area contributed by atoms with Crippen molar-refractivity contribution in [3.8, 4) is 5.75 Å². The Labute approximate surface area is 198 Å². The van der Waals surface area contributed by atoms with E-state index in [1.165, 1.54) is 19.2 Å². The van der Waals surface area contributed by atoms with Crippen molar-refractivity contribution in [3.05, 3.63) is 23.8 Å². The molecule has 12 heteroatoms. The maximum atomic E-state index is 13.0. The van der Waals surface area contributed by atoms with E-state index in [9.17, 15) is 19.2 Å². The van der Waals surface area contributed by atoms with Crippen LogP contribution in [-0.4, -0.2) is 76.1 Å². The van der Waals surface area contributed by atoms with Crippen LogP contribution in [0.2, 0.25) is 0 Å². The molecule has 0 aliphatic carbocycles. The van der Waals surface area contributed by atoms with Crippen LogP contribution < -0.4 is 15.5 Å². The van der Waals surface area contributed by atoms with Crippen LogP contribution >= 0.6 is 0 Å². The van der Waals surface area contributed by atoms with Crippen LogP contribution in [0.1, 0.15) is 44.5 Å². The summed E-state index contributed by atoms with van der Waals surface area (Å²) in [6.07, 6.45) is -0.419. The third-order valence-electron chi connectivity index (χ3n) is 5.69. The van der Waals surface area contributed by atoms with Gasteiger partial charge in [-0.1, -0.05) is 0 Å². The lowest BCUT2D eigenvalue weighted by Gasteiger charge is -2.32. The molecule has 0 aromatic heterocycles. The third kappa shape index (κ3) is 6.48. The van der Waals surface area contributed by atoms with Gasteiger partial charge in [0.15, 0.2) is 6.61 Å². The second kappa shape index (κ2) is 10.9. The van der Waals surface area contributed by atoms with Crippen molar-refractivity contribution in [1.82, 2.24) is 5.32 Å². The van der Waals surface area contributed by atoms with Gasteiger partial charge in [-0.3, -0.25) is 9.59 Å². The number of esters is 3. The molecular formula is C22H30BNO10. The topological polar surface area (TPSA) is 136 Å². The summed E-state index contributed by atoms with van der Waals surface area (Å²) < 4.78 is 31.4. The first kappa shape index (κ1) is 27.1. The van der Waals surface area contributed by atoms with Gasteiger partial charge in [-0.2, -0.15) is 0 Å². The minimum Gasteiger partial charge on any atom is -0.482 e. The summed E-state index contributed by atoms with van der Waals surface area (Å²) in [5.74, 6) is -2.66. The van der Waals surface area contributed by atoms with E-state index in [2.05, 4.69) is 19.5 Å². The van der Waals surface area contributed by atoms with Crippen LogP contribution in [0.4, 0.5) is 0 Å². The first-order valence-electron chi connectivity index (χ1n) is 10.5. The highest BCUT2D eigenvalue weighted by molar-refractivity contribution is 6.62. The van der Waals surface area contributed by atoms with E-state index in [4.69, 9.17) is 14.0 Å². The molecular weight excluding hydrogens is 449 g/mol. The van der Waals surface area contributed by atoms with Gasteiger partial charge in [0, 0.05) is 5.56 Å². The van der Waals surface area contributed by atoms with Crippen LogP contribution in [0.15, 0.2) is 18.2 Å². The summed E-state index contributed by atoms with van der Waals surface area (Å²) >= 11 is 0. The molecule has 1 unspecified atom stereocenters. The maximum absolute atomic E-state index is 13.0. The number of hydrogen-bond donors (Lipinski definition) is 1. The molecule has 11 nitrogen and oxygen atoms in total. The number of nitrogens with one attached hydrogen (secondary N) is 1. The Kier molecular flexibility index (Phi) is 8.68. The maximum Gasteiger partial charge on any atom is 0.494 e. The van der Waals surface area contributed by atoms with Gasteiger partial charge in [-0.25, -0.2) is 9.59 Å². The lowest BCUT2D eigenvalue weighted by Crippen LogP contribution is -2.43. The van der Waals surface area contributed by atoms with E-state index in [0.717, 1.165) is 14.2 Å². The summed E-state index contributed by atoms with van der Waals surface area (Å²) in [6, 6.07) is 3.19. The molecule has 1 N–H and O–H groups in total. The van der Waals surface area contributed by atoms with Crippen molar-refractivity contribution in [2.24, 2.45) is 0 Å². The average Bonchev–Trinajstić information content (AvgIpc) is 3.02. The molecule has 1 aromatic rings. The quantitative estimate of drug-likeness (QED) is 0.301. The summed E-state index contributed by atoms with van der Waals surface area (Å²) in [5, 5.41) is 2.46. The molecule has 34 heavy (non-hydrogen) atoms. The second-order valence-electron chi connectivity index (χ2n) is 8.57. The molecule has 0 radical (unpaired) electrons. The van der Waals surface area contributed by atoms with Crippen LogP contribution in [0.3, 0.4) is 0 Å². The number of rotatable bonds is 9. The molecule has 1 heterocycles. The Bertz CT molecular complexity index is 930. The van der Waals surface area contributed by atoms with Gasteiger partial charge < -0.3 is 33.6 Å². The van der Waals surface area contributed by atoms with Crippen LogP contribution in [-0.2, 0) is 37.9 Å². The number of benzene rings is 1. The molecule has 2 rings (SSSR count). The highest BCUT2D eigenvalue weighted by Crippen LogP contribution is 2.36. The normalized spacial score (nSPS) is 16.9. The smallest absolute Gasteiger partial charge is 0.482 e. The highest BCUT2D eigenvalue weighted by Gasteiger charge is 2.52. The van der Waals surface area contributed by atoms with E-state index >= 15 is 0 Å². The standard InChI is InChI=1S/C22H30BNO10/c1-21(2)22(3,4)34-23(33-21)14-8-13(9-15(10-14)32-12-18(26)30-6)19(27)24-16(20(28)31-7)11-17(25)29-5/h8-10,16H,11-12H2,1-7H3,(H,24,27). The van der Waals surface area contributed by atoms with Gasteiger partial charge in [0.05, 0.1) is 39.0 Å². The molecule has 0 saturated carbocycles. The fourth-order valence-corrected chi connectivity index (χ4v) is 2.98. The molecule has 186 valence electrons. The zero-order chi connectivity index (χ0) is 25.7. The van der Waals surface area contributed by atoms with E-state index in [1.54, 1.807) is 6.07 Å². The van der Waals surface area contributed by atoms with Crippen LogP contribution in [0, 0.1) is 0 Å². The van der Waals surface area contributed by atoms with Crippen molar-refractivity contribution in [2.45, 2.75) is 51.4 Å². The third-order valence-corrected chi connectivity index (χ3v) is 5.69. The number of ether oxygens (including phenoxy) is 4. The van der Waals surface area contributed by atoms with Gasteiger partial charge in [0.25, 0.3) is 5.91 Å². The fraction of sp³-hybridized carbons (Fsp3) is 0.545. The van der Waals surface area contributed by atoms with E-state index in [-0.39, 0.29) is 11.3 Å². The number of carbonyl (C=O) groups is 4. The van der Waals surface area contributed by atoms with Crippen molar-refractivity contribution in [3.63, 3.8) is 0 Å². The lowest BCUT2D eigenvalue weighted by atomic mass is 9.78. The number of amides is 1. The molecule has 1 aliphatic heterocycles. The molecule has 1 amide bonds. The lowest BCUT2D eigenvalue weighted by molar-refractivity contribution is -0.149. The number of carbonyl (C=O) groups excluding carboxylic acids is 4. The molecule has 1 aliphatic rings. The van der Waals surface area contributed by atoms with Crippen molar-refractivity contribution in [1.29, 1.82) is 0 Å². The van der Waals surface area contributed by atoms with Gasteiger partial charge in [0.2, 0.25) is 0 Å². The van der Waals surface area contributed by atoms with Gasteiger partial charge in [-0.05, 0) is 51.4 Å². The minimum absolute atomic E-state index is 0.0749. The molecule has 1 aromatic carbocycles. The van der Waals surface area contributed by atoms with Crippen molar-refractivity contribution < 1.29 is 47.4 Å². The van der Waals surface area contributed by atoms with Gasteiger partial charge >= 0.3 is 25.0 Å². The fourth-order valence-electron chi connectivity index (χ4n) is 2.98. The van der Waals surface area contributed by atoms with E-state index < -0.39 is 61.2 Å². The largest absolute Gasteiger partial charge is 0.494 e. The average molecular weight is 479 g/mol. The summed E-state index contributed by atoms with van der Waals surface area (Å²) in [7, 11) is 2.69. The predicted molar refractivity (Wildman–Crippen MR) is 120 cm³/mol.